The molecular weight excluding hydrogens is 269 g/mol. The Labute approximate surface area is 106 Å². The van der Waals surface area contributed by atoms with Crippen LogP contribution >= 0.6 is 0 Å². The first-order chi connectivity index (χ1) is 7.98. The van der Waals surface area contributed by atoms with E-state index in [1.807, 2.05) is 0 Å². The van der Waals surface area contributed by atoms with Gasteiger partial charge in [-0.25, -0.2) is 8.42 Å². The lowest BCUT2D eigenvalue weighted by Crippen LogP contribution is -2.52. The molecule has 8 heteroatoms. The number of nitrogens with two attached hydrogens (primary N) is 1. The van der Waals surface area contributed by atoms with Crippen molar-refractivity contribution >= 4 is 10.0 Å². The SMILES string of the molecule is CCC(C)(CN)N(C)S(=O)(=O)CCCC(F)(F)F. The van der Waals surface area contributed by atoms with Gasteiger partial charge >= 0.3 is 6.18 Å². The second-order valence-corrected chi connectivity index (χ2v) is 6.68. The predicted octanol–water partition coefficient (Wildman–Crippen LogP) is 1.72. The van der Waals surface area contributed by atoms with Crippen molar-refractivity contribution in [1.82, 2.24) is 4.31 Å². The van der Waals surface area contributed by atoms with Crippen molar-refractivity contribution in [3.8, 4) is 0 Å². The van der Waals surface area contributed by atoms with Crippen LogP contribution in [0.15, 0.2) is 0 Å². The molecule has 0 aromatic carbocycles. The Balaban J connectivity index is 4.64. The summed E-state index contributed by atoms with van der Waals surface area (Å²) in [5.41, 5.74) is 4.77. The van der Waals surface area contributed by atoms with Gasteiger partial charge in [-0.1, -0.05) is 6.92 Å². The minimum atomic E-state index is -4.32. The molecule has 4 nitrogen and oxygen atoms in total. The van der Waals surface area contributed by atoms with Crippen LogP contribution in [0.3, 0.4) is 0 Å². The molecule has 0 bridgehead atoms. The number of hydrogen-bond acceptors (Lipinski definition) is 3. The molecule has 1 atom stereocenters. The van der Waals surface area contributed by atoms with E-state index in [2.05, 4.69) is 0 Å². The second-order valence-electron chi connectivity index (χ2n) is 4.56. The van der Waals surface area contributed by atoms with Crippen LogP contribution < -0.4 is 5.73 Å². The Bertz CT molecular complexity index is 351. The summed E-state index contributed by atoms with van der Waals surface area (Å²) in [5, 5.41) is 0. The highest BCUT2D eigenvalue weighted by Crippen LogP contribution is 2.24. The molecule has 0 aromatic rings. The smallest absolute Gasteiger partial charge is 0.329 e. The van der Waals surface area contributed by atoms with Crippen LogP contribution in [0.2, 0.25) is 0 Å². The molecule has 18 heavy (non-hydrogen) atoms. The van der Waals surface area contributed by atoms with Gasteiger partial charge in [-0.2, -0.15) is 17.5 Å². The molecule has 0 aliphatic heterocycles. The molecule has 0 heterocycles. The van der Waals surface area contributed by atoms with Crippen molar-refractivity contribution in [2.45, 2.75) is 44.8 Å². The number of alkyl halides is 3. The second kappa shape index (κ2) is 6.21. The lowest BCUT2D eigenvalue weighted by atomic mass is 10.00. The van der Waals surface area contributed by atoms with Gasteiger partial charge in [-0.3, -0.25) is 0 Å². The first-order valence-corrected chi connectivity index (χ1v) is 7.33. The first-order valence-electron chi connectivity index (χ1n) is 5.72. The van der Waals surface area contributed by atoms with Crippen molar-refractivity contribution in [1.29, 1.82) is 0 Å². The van der Waals surface area contributed by atoms with Gasteiger partial charge in [0, 0.05) is 25.6 Å². The highest BCUT2D eigenvalue weighted by atomic mass is 32.2. The third-order valence-corrected chi connectivity index (χ3v) is 5.32. The van der Waals surface area contributed by atoms with Crippen molar-refractivity contribution in [3.63, 3.8) is 0 Å². The number of nitrogens with zero attached hydrogens (tertiary/aromatic N) is 1. The summed E-state index contributed by atoms with van der Waals surface area (Å²) < 4.78 is 60.8. The van der Waals surface area contributed by atoms with Crippen LogP contribution in [0.4, 0.5) is 13.2 Å². The summed E-state index contributed by atoms with van der Waals surface area (Å²) in [6.07, 6.45) is -5.35. The summed E-state index contributed by atoms with van der Waals surface area (Å²) in [7, 11) is -2.35. The van der Waals surface area contributed by atoms with E-state index in [0.29, 0.717) is 6.42 Å². The van der Waals surface area contributed by atoms with E-state index in [-0.39, 0.29) is 6.54 Å². The van der Waals surface area contributed by atoms with E-state index in [4.69, 9.17) is 5.73 Å². The molecule has 0 spiro atoms. The fraction of sp³-hybridized carbons (Fsp3) is 1.00. The summed E-state index contributed by atoms with van der Waals surface area (Å²) in [6, 6.07) is 0. The maximum absolute atomic E-state index is 12.0. The molecule has 0 saturated heterocycles. The normalized spacial score (nSPS) is 16.9. The number of rotatable bonds is 7. The maximum Gasteiger partial charge on any atom is 0.389 e. The van der Waals surface area contributed by atoms with E-state index in [1.54, 1.807) is 13.8 Å². The molecule has 1 unspecified atom stereocenters. The summed E-state index contributed by atoms with van der Waals surface area (Å²) in [6.45, 7) is 3.58. The lowest BCUT2D eigenvalue weighted by molar-refractivity contribution is -0.134. The van der Waals surface area contributed by atoms with Gasteiger partial charge in [0.2, 0.25) is 10.0 Å². The molecule has 0 radical (unpaired) electrons. The zero-order valence-electron chi connectivity index (χ0n) is 10.9. The number of sulfonamides is 1. The van der Waals surface area contributed by atoms with E-state index in [0.717, 1.165) is 4.31 Å². The minimum absolute atomic E-state index is 0.124. The fourth-order valence-electron chi connectivity index (χ4n) is 1.42. The Morgan fingerprint density at radius 1 is 1.28 bits per heavy atom. The van der Waals surface area contributed by atoms with Crippen LogP contribution in [0.5, 0.6) is 0 Å². The summed E-state index contributed by atoms with van der Waals surface area (Å²) in [5.74, 6) is -0.515. The van der Waals surface area contributed by atoms with Gasteiger partial charge in [-0.15, -0.1) is 0 Å². The maximum atomic E-state index is 12.0. The largest absolute Gasteiger partial charge is 0.389 e. The number of halogens is 3. The first kappa shape index (κ1) is 17.7. The van der Waals surface area contributed by atoms with Crippen molar-refractivity contribution in [2.24, 2.45) is 5.73 Å². The zero-order valence-corrected chi connectivity index (χ0v) is 11.7. The summed E-state index contributed by atoms with van der Waals surface area (Å²) in [4.78, 5) is 0. The van der Waals surface area contributed by atoms with Crippen LogP contribution in [-0.4, -0.2) is 43.8 Å². The molecule has 0 fully saturated rings. The van der Waals surface area contributed by atoms with Crippen LogP contribution in [0.25, 0.3) is 0 Å². The molecule has 0 saturated carbocycles. The van der Waals surface area contributed by atoms with E-state index >= 15 is 0 Å². The monoisotopic (exact) mass is 290 g/mol. The van der Waals surface area contributed by atoms with Crippen molar-refractivity contribution < 1.29 is 21.6 Å². The van der Waals surface area contributed by atoms with Gasteiger partial charge in [0.1, 0.15) is 0 Å². The van der Waals surface area contributed by atoms with Gasteiger partial charge in [0.25, 0.3) is 0 Å². The Morgan fingerprint density at radius 3 is 2.11 bits per heavy atom. The Morgan fingerprint density at radius 2 is 1.78 bits per heavy atom. The Kier molecular flexibility index (Phi) is 6.09. The topological polar surface area (TPSA) is 63.4 Å². The molecule has 0 amide bonds. The van der Waals surface area contributed by atoms with Crippen molar-refractivity contribution in [3.05, 3.63) is 0 Å². The van der Waals surface area contributed by atoms with Crippen LogP contribution in [-0.2, 0) is 10.0 Å². The average Bonchev–Trinajstić information content (AvgIpc) is 2.25. The third-order valence-electron chi connectivity index (χ3n) is 3.24. The Hall–Kier alpha value is -0.340. The van der Waals surface area contributed by atoms with Crippen molar-refractivity contribution in [2.75, 3.05) is 19.3 Å². The van der Waals surface area contributed by atoms with Gasteiger partial charge in [0.15, 0.2) is 0 Å². The highest BCUT2D eigenvalue weighted by Gasteiger charge is 2.35. The molecular formula is C10H21F3N2O2S. The molecule has 0 aliphatic rings. The van der Waals surface area contributed by atoms with E-state index in [9.17, 15) is 21.6 Å². The number of likely N-dealkylation sites (N-methyl/N-ethyl adjacent to an activating group) is 1. The van der Waals surface area contributed by atoms with Gasteiger partial charge < -0.3 is 5.73 Å². The summed E-state index contributed by atoms with van der Waals surface area (Å²) >= 11 is 0. The molecule has 0 aromatic heterocycles. The van der Waals surface area contributed by atoms with Gasteiger partial charge in [0.05, 0.1) is 5.75 Å². The number of hydrogen-bond donors (Lipinski definition) is 1. The minimum Gasteiger partial charge on any atom is -0.329 e. The molecule has 2 N–H and O–H groups in total. The fourth-order valence-corrected chi connectivity index (χ4v) is 3.08. The lowest BCUT2D eigenvalue weighted by Gasteiger charge is -2.36. The predicted molar refractivity (Wildman–Crippen MR) is 64.6 cm³/mol. The zero-order chi connectivity index (χ0) is 14.6. The average molecular weight is 290 g/mol. The van der Waals surface area contributed by atoms with Crippen LogP contribution in [0, 0.1) is 0 Å². The molecule has 110 valence electrons. The molecule has 0 rings (SSSR count). The van der Waals surface area contributed by atoms with Crippen LogP contribution in [0.1, 0.15) is 33.1 Å². The standard InChI is InChI=1S/C10H21F3N2O2S/c1-4-9(2,8-14)15(3)18(16,17)7-5-6-10(11,12)13/h4-8,14H2,1-3H3. The van der Waals surface area contributed by atoms with E-state index < -0.39 is 40.3 Å². The van der Waals surface area contributed by atoms with E-state index in [1.165, 1.54) is 7.05 Å². The molecule has 0 aliphatic carbocycles. The highest BCUT2D eigenvalue weighted by molar-refractivity contribution is 7.89. The quantitative estimate of drug-likeness (QED) is 0.776. The third kappa shape index (κ3) is 5.11. The van der Waals surface area contributed by atoms with Gasteiger partial charge in [-0.05, 0) is 19.8 Å².